The van der Waals surface area contributed by atoms with E-state index in [-0.39, 0.29) is 36.1 Å². The van der Waals surface area contributed by atoms with Crippen molar-refractivity contribution in [3.8, 4) is 11.1 Å². The zero-order valence-corrected chi connectivity index (χ0v) is 17.1. The van der Waals surface area contributed by atoms with Crippen molar-refractivity contribution in [1.29, 1.82) is 0 Å². The third kappa shape index (κ3) is 4.41. The van der Waals surface area contributed by atoms with Crippen molar-refractivity contribution in [1.82, 2.24) is 15.2 Å². The molecule has 1 fully saturated rings. The van der Waals surface area contributed by atoms with E-state index in [0.717, 1.165) is 18.4 Å². The van der Waals surface area contributed by atoms with E-state index >= 15 is 0 Å². The summed E-state index contributed by atoms with van der Waals surface area (Å²) in [4.78, 5) is 25.1. The molecule has 2 atom stereocenters. The first-order chi connectivity index (χ1) is 14.5. The van der Waals surface area contributed by atoms with Crippen LogP contribution >= 0.6 is 0 Å². The molecule has 0 radical (unpaired) electrons. The minimum Gasteiger partial charge on any atom is -0.352 e. The number of carbonyl (C=O) groups excluding carboxylic acids is 2. The maximum absolute atomic E-state index is 13.6. The minimum atomic E-state index is -0.326. The van der Waals surface area contributed by atoms with Gasteiger partial charge in [-0.1, -0.05) is 31.4 Å². The van der Waals surface area contributed by atoms with Gasteiger partial charge in [0.2, 0.25) is 5.91 Å². The summed E-state index contributed by atoms with van der Waals surface area (Å²) < 4.78 is 15.5. The molecule has 2 heterocycles. The van der Waals surface area contributed by atoms with E-state index in [0.29, 0.717) is 30.3 Å². The Hall–Kier alpha value is -2.67. The number of rotatable bonds is 6. The summed E-state index contributed by atoms with van der Waals surface area (Å²) in [6, 6.07) is 7.84. The van der Waals surface area contributed by atoms with Crippen molar-refractivity contribution < 1.29 is 14.0 Å². The fourth-order valence-corrected chi connectivity index (χ4v) is 4.74. The molecule has 1 aliphatic carbocycles. The molecule has 1 aromatic carbocycles. The molecule has 2 amide bonds. The second-order valence-electron chi connectivity index (χ2n) is 8.41. The third-order valence-corrected chi connectivity index (χ3v) is 6.37. The molecule has 0 bridgehead atoms. The Morgan fingerprint density at radius 3 is 2.77 bits per heavy atom. The molecule has 7 heteroatoms. The van der Waals surface area contributed by atoms with Crippen LogP contribution in [0, 0.1) is 11.7 Å². The fourth-order valence-electron chi connectivity index (χ4n) is 4.74. The van der Waals surface area contributed by atoms with E-state index in [1.807, 2.05) is 10.8 Å². The average Bonchev–Trinajstić information content (AvgIpc) is 3.21. The van der Waals surface area contributed by atoms with Crippen LogP contribution in [-0.2, 0) is 4.79 Å². The Bertz CT molecular complexity index is 920. The zero-order valence-electron chi connectivity index (χ0n) is 17.1. The highest BCUT2D eigenvalue weighted by Gasteiger charge is 2.29. The molecule has 1 saturated carbocycles. The molecule has 2 aromatic rings. The van der Waals surface area contributed by atoms with Crippen molar-refractivity contribution in [3.63, 3.8) is 0 Å². The van der Waals surface area contributed by atoms with E-state index in [4.69, 9.17) is 5.73 Å². The number of carbonyl (C=O) groups is 2. The van der Waals surface area contributed by atoms with Gasteiger partial charge in [-0.15, -0.1) is 0 Å². The van der Waals surface area contributed by atoms with Crippen LogP contribution < -0.4 is 16.4 Å². The highest BCUT2D eigenvalue weighted by Crippen LogP contribution is 2.29. The number of nitrogens with zero attached hydrogens (tertiary/aromatic N) is 1. The number of nitrogens with one attached hydrogen (secondary N) is 2. The summed E-state index contributed by atoms with van der Waals surface area (Å²) in [6.45, 7) is 0.823. The normalized spacial score (nSPS) is 20.3. The van der Waals surface area contributed by atoms with Gasteiger partial charge >= 0.3 is 0 Å². The number of fused-ring (bicyclic) bond motifs is 1. The molecule has 0 spiro atoms. The van der Waals surface area contributed by atoms with E-state index < -0.39 is 0 Å². The lowest BCUT2D eigenvalue weighted by Crippen LogP contribution is -2.47. The van der Waals surface area contributed by atoms with E-state index in [1.165, 1.54) is 31.4 Å². The van der Waals surface area contributed by atoms with Gasteiger partial charge in [-0.25, -0.2) is 4.39 Å². The predicted octanol–water partition coefficient (Wildman–Crippen LogP) is 2.99. The molecule has 4 rings (SSSR count). The second-order valence-corrected chi connectivity index (χ2v) is 8.41. The summed E-state index contributed by atoms with van der Waals surface area (Å²) in [5.41, 5.74) is 7.90. The Morgan fingerprint density at radius 2 is 2.03 bits per heavy atom. The van der Waals surface area contributed by atoms with E-state index in [1.54, 1.807) is 18.2 Å². The van der Waals surface area contributed by atoms with E-state index in [2.05, 4.69) is 10.6 Å². The van der Waals surface area contributed by atoms with Crippen molar-refractivity contribution in [3.05, 3.63) is 48.0 Å². The summed E-state index contributed by atoms with van der Waals surface area (Å²) in [6.07, 6.45) is 7.97. The Labute approximate surface area is 176 Å². The number of hydrogen-bond donors (Lipinski definition) is 3. The number of halogens is 1. The first kappa shape index (κ1) is 20.6. The maximum atomic E-state index is 13.6. The highest BCUT2D eigenvalue weighted by molar-refractivity contribution is 5.95. The summed E-state index contributed by atoms with van der Waals surface area (Å²) in [7, 11) is 0. The predicted molar refractivity (Wildman–Crippen MR) is 113 cm³/mol. The largest absolute Gasteiger partial charge is 0.352 e. The standard InChI is InChI=1S/C23H29FN4O2/c24-18-8-4-7-16(9-18)17-10-21-23(30)26-13-19(28(21)14-17)11-22(29)27-20(12-25)15-5-2-1-3-6-15/h4,7-10,14-15,19-20H,1-3,5-6,11-13,25H2,(H,26,30)(H,27,29)/t19-,20+/m0/s1. The van der Waals surface area contributed by atoms with Gasteiger partial charge in [0.1, 0.15) is 11.5 Å². The Morgan fingerprint density at radius 1 is 1.23 bits per heavy atom. The van der Waals surface area contributed by atoms with Crippen molar-refractivity contribution in [2.24, 2.45) is 11.7 Å². The number of amides is 2. The molecule has 6 nitrogen and oxygen atoms in total. The van der Waals surface area contributed by atoms with Crippen LogP contribution in [0.2, 0.25) is 0 Å². The number of aromatic nitrogens is 1. The van der Waals surface area contributed by atoms with Crippen LogP contribution in [-0.4, -0.2) is 35.5 Å². The van der Waals surface area contributed by atoms with Crippen molar-refractivity contribution in [2.75, 3.05) is 13.1 Å². The number of benzene rings is 1. The molecule has 0 saturated heterocycles. The monoisotopic (exact) mass is 412 g/mol. The van der Waals surface area contributed by atoms with Crippen molar-refractivity contribution >= 4 is 11.8 Å². The van der Waals surface area contributed by atoms with Crippen LogP contribution in [0.5, 0.6) is 0 Å². The maximum Gasteiger partial charge on any atom is 0.268 e. The van der Waals surface area contributed by atoms with Crippen LogP contribution in [0.15, 0.2) is 36.5 Å². The molecule has 1 aliphatic heterocycles. The summed E-state index contributed by atoms with van der Waals surface area (Å²) in [5, 5.41) is 5.99. The first-order valence-electron chi connectivity index (χ1n) is 10.8. The topological polar surface area (TPSA) is 89.2 Å². The lowest BCUT2D eigenvalue weighted by atomic mass is 9.84. The Kier molecular flexibility index (Phi) is 6.18. The van der Waals surface area contributed by atoms with E-state index in [9.17, 15) is 14.0 Å². The van der Waals surface area contributed by atoms with Gasteiger partial charge in [-0.3, -0.25) is 9.59 Å². The lowest BCUT2D eigenvalue weighted by Gasteiger charge is -2.31. The smallest absolute Gasteiger partial charge is 0.268 e. The van der Waals surface area contributed by atoms with Crippen molar-refractivity contribution in [2.45, 2.75) is 50.6 Å². The molecular weight excluding hydrogens is 383 g/mol. The molecule has 0 unspecified atom stereocenters. The Balaban J connectivity index is 1.48. The summed E-state index contributed by atoms with van der Waals surface area (Å²) >= 11 is 0. The minimum absolute atomic E-state index is 0.00275. The quantitative estimate of drug-likeness (QED) is 0.681. The van der Waals surface area contributed by atoms with Crippen LogP contribution in [0.3, 0.4) is 0 Å². The molecule has 1 aromatic heterocycles. The number of hydrogen-bond acceptors (Lipinski definition) is 3. The van der Waals surface area contributed by atoms with Crippen LogP contribution in [0.4, 0.5) is 4.39 Å². The third-order valence-electron chi connectivity index (χ3n) is 6.37. The molecule has 30 heavy (non-hydrogen) atoms. The average molecular weight is 413 g/mol. The molecule has 2 aliphatic rings. The van der Waals surface area contributed by atoms with Gasteiger partial charge in [0.15, 0.2) is 0 Å². The molecular formula is C23H29FN4O2. The summed E-state index contributed by atoms with van der Waals surface area (Å²) in [5.74, 6) is -0.117. The van der Waals surface area contributed by atoms with Gasteiger partial charge in [0.25, 0.3) is 5.91 Å². The SMILES string of the molecule is NC[C@@H](NC(=O)C[C@H]1CNC(=O)c2cc(-c3cccc(F)c3)cn21)C1CCCCC1. The first-order valence-corrected chi connectivity index (χ1v) is 10.8. The zero-order chi connectivity index (χ0) is 21.1. The fraction of sp³-hybridized carbons (Fsp3) is 0.478. The van der Waals surface area contributed by atoms with Gasteiger partial charge in [0.05, 0.1) is 6.04 Å². The van der Waals surface area contributed by atoms with Gasteiger partial charge in [0, 0.05) is 37.3 Å². The van der Waals surface area contributed by atoms with Gasteiger partial charge in [-0.2, -0.15) is 0 Å². The highest BCUT2D eigenvalue weighted by atomic mass is 19.1. The molecule has 4 N–H and O–H groups in total. The van der Waals surface area contributed by atoms with Crippen LogP contribution in [0.1, 0.15) is 55.1 Å². The lowest BCUT2D eigenvalue weighted by molar-refractivity contribution is -0.123. The van der Waals surface area contributed by atoms with Crippen LogP contribution in [0.25, 0.3) is 11.1 Å². The second kappa shape index (κ2) is 9.00. The van der Waals surface area contributed by atoms with Gasteiger partial charge < -0.3 is 20.9 Å². The molecule has 160 valence electrons. The number of nitrogens with two attached hydrogens (primary N) is 1. The van der Waals surface area contributed by atoms with Gasteiger partial charge in [-0.05, 0) is 42.5 Å².